The minimum Gasteiger partial charge on any atom is -0.493 e. The van der Waals surface area contributed by atoms with Crippen LogP contribution in [-0.4, -0.2) is 14.8 Å². The second kappa shape index (κ2) is 8.42. The van der Waals surface area contributed by atoms with E-state index in [9.17, 15) is 9.50 Å². The molecule has 4 rings (SSSR count). The molecule has 7 heteroatoms. The molecule has 0 aliphatic rings. The predicted molar refractivity (Wildman–Crippen MR) is 121 cm³/mol. The molecule has 0 fully saturated rings. The summed E-state index contributed by atoms with van der Waals surface area (Å²) in [6, 6.07) is 21.4. The molecule has 0 saturated carbocycles. The summed E-state index contributed by atoms with van der Waals surface area (Å²) >= 11 is 5.27. The van der Waals surface area contributed by atoms with Gasteiger partial charge in [-0.15, -0.1) is 10.2 Å². The molecular weight excluding hydrogens is 399 g/mol. The van der Waals surface area contributed by atoms with E-state index in [2.05, 4.69) is 15.5 Å². The van der Waals surface area contributed by atoms with Crippen LogP contribution in [0.2, 0.25) is 0 Å². The van der Waals surface area contributed by atoms with Crippen molar-refractivity contribution in [2.24, 2.45) is 10.2 Å². The number of azo groups is 1. The van der Waals surface area contributed by atoms with Gasteiger partial charge in [-0.05, 0) is 60.6 Å². The van der Waals surface area contributed by atoms with E-state index in [1.54, 1.807) is 16.7 Å². The first-order valence-electron chi connectivity index (χ1n) is 9.35. The zero-order valence-electron chi connectivity index (χ0n) is 16.2. The molecule has 0 radical (unpaired) electrons. The zero-order valence-corrected chi connectivity index (χ0v) is 17.0. The molecule has 5 nitrogen and oxygen atoms in total. The number of nitrogens with one attached hydrogen (secondary N) is 1. The summed E-state index contributed by atoms with van der Waals surface area (Å²) in [7, 11) is 0. The molecule has 0 unspecified atom stereocenters. The lowest BCUT2D eigenvalue weighted by molar-refractivity contribution is 0.429. The summed E-state index contributed by atoms with van der Waals surface area (Å²) in [6.45, 7) is 2.36. The first-order chi connectivity index (χ1) is 14.5. The van der Waals surface area contributed by atoms with E-state index in [0.717, 1.165) is 27.7 Å². The first kappa shape index (κ1) is 19.7. The number of rotatable bonds is 4. The maximum atomic E-state index is 13.2. The molecule has 0 saturated heterocycles. The Balaban J connectivity index is 1.64. The second-order valence-corrected chi connectivity index (χ2v) is 7.29. The van der Waals surface area contributed by atoms with Gasteiger partial charge in [0, 0.05) is 11.1 Å². The third-order valence-electron chi connectivity index (χ3n) is 4.68. The molecular formula is C23H19FN4OS. The van der Waals surface area contributed by atoms with Crippen molar-refractivity contribution in [3.8, 4) is 5.88 Å². The summed E-state index contributed by atoms with van der Waals surface area (Å²) in [5.41, 5.74) is 3.91. The fourth-order valence-electron chi connectivity index (χ4n) is 3.27. The maximum absolute atomic E-state index is 13.2. The average molecular weight is 418 g/mol. The fourth-order valence-corrected chi connectivity index (χ4v) is 3.43. The van der Waals surface area contributed by atoms with Gasteiger partial charge in [-0.3, -0.25) is 0 Å². The van der Waals surface area contributed by atoms with E-state index in [1.165, 1.54) is 12.1 Å². The van der Waals surface area contributed by atoms with E-state index in [4.69, 9.17) is 12.2 Å². The van der Waals surface area contributed by atoms with E-state index < -0.39 is 0 Å². The largest absolute Gasteiger partial charge is 0.493 e. The molecule has 4 aromatic rings. The van der Waals surface area contributed by atoms with Crippen molar-refractivity contribution in [1.82, 2.24) is 4.57 Å². The van der Waals surface area contributed by atoms with Crippen molar-refractivity contribution in [3.63, 3.8) is 0 Å². The van der Waals surface area contributed by atoms with Gasteiger partial charge in [-0.1, -0.05) is 42.5 Å². The molecule has 1 heterocycles. The van der Waals surface area contributed by atoms with Crippen molar-refractivity contribution in [2.45, 2.75) is 13.5 Å². The van der Waals surface area contributed by atoms with Crippen LogP contribution in [0.1, 0.15) is 11.1 Å². The first-order valence-corrected chi connectivity index (χ1v) is 9.76. The highest BCUT2D eigenvalue weighted by atomic mass is 32.1. The lowest BCUT2D eigenvalue weighted by Crippen LogP contribution is -2.04. The number of para-hydroxylation sites is 1. The monoisotopic (exact) mass is 418 g/mol. The third kappa shape index (κ3) is 4.21. The van der Waals surface area contributed by atoms with Crippen LogP contribution in [0, 0.1) is 12.7 Å². The fraction of sp³-hybridized carbons (Fsp3) is 0.0870. The summed E-state index contributed by atoms with van der Waals surface area (Å²) < 4.78 is 14.9. The highest BCUT2D eigenvalue weighted by molar-refractivity contribution is 7.80. The number of thiocarbonyl (C=S) groups is 1. The van der Waals surface area contributed by atoms with Gasteiger partial charge in [0.2, 0.25) is 11.0 Å². The highest BCUT2D eigenvalue weighted by Crippen LogP contribution is 2.39. The summed E-state index contributed by atoms with van der Waals surface area (Å²) in [6.07, 6.45) is 0. The standard InChI is InChI=1S/C23H19FN4OS/c1-15-5-4-6-18(13-15)25-23(30)27-26-21-19-7-2-3-8-20(19)28(22(21)29)14-16-9-11-17(24)12-10-16/h2-13,29H,14H2,1H3,(H,25,30). The van der Waals surface area contributed by atoms with Gasteiger partial charge in [0.1, 0.15) is 5.82 Å². The Morgan fingerprint density at radius 1 is 1.07 bits per heavy atom. The van der Waals surface area contributed by atoms with Crippen molar-refractivity contribution in [3.05, 3.63) is 89.7 Å². The van der Waals surface area contributed by atoms with E-state index in [1.807, 2.05) is 55.5 Å². The molecule has 0 aliphatic heterocycles. The molecule has 0 spiro atoms. The summed E-state index contributed by atoms with van der Waals surface area (Å²) in [5.74, 6) is -0.327. The lowest BCUT2D eigenvalue weighted by atomic mass is 10.2. The topological polar surface area (TPSA) is 61.9 Å². The maximum Gasteiger partial charge on any atom is 0.221 e. The second-order valence-electron chi connectivity index (χ2n) is 6.90. The van der Waals surface area contributed by atoms with Crippen LogP contribution in [-0.2, 0) is 6.54 Å². The molecule has 0 atom stereocenters. The number of aryl methyl sites for hydroxylation is 1. The molecule has 0 aliphatic carbocycles. The van der Waals surface area contributed by atoms with Crippen LogP contribution in [0.25, 0.3) is 10.9 Å². The predicted octanol–water partition coefficient (Wildman–Crippen LogP) is 6.32. The number of fused-ring (bicyclic) bond motifs is 1. The molecule has 3 aromatic carbocycles. The number of hydrogen-bond acceptors (Lipinski definition) is 3. The molecule has 0 bridgehead atoms. The Morgan fingerprint density at radius 2 is 1.83 bits per heavy atom. The van der Waals surface area contributed by atoms with Crippen molar-refractivity contribution >= 4 is 39.6 Å². The molecule has 2 N–H and O–H groups in total. The molecule has 30 heavy (non-hydrogen) atoms. The minimum atomic E-state index is -0.301. The Hall–Kier alpha value is -3.58. The van der Waals surface area contributed by atoms with Gasteiger partial charge in [0.15, 0.2) is 5.69 Å². The van der Waals surface area contributed by atoms with Gasteiger partial charge >= 0.3 is 0 Å². The number of nitrogens with zero attached hydrogens (tertiary/aromatic N) is 3. The number of halogens is 1. The van der Waals surface area contributed by atoms with Crippen molar-refractivity contribution in [1.29, 1.82) is 0 Å². The van der Waals surface area contributed by atoms with Crippen molar-refractivity contribution < 1.29 is 9.50 Å². The average Bonchev–Trinajstić information content (AvgIpc) is 2.99. The Morgan fingerprint density at radius 3 is 2.60 bits per heavy atom. The van der Waals surface area contributed by atoms with Crippen molar-refractivity contribution in [2.75, 3.05) is 5.32 Å². The number of aromatic hydroxyl groups is 1. The van der Waals surface area contributed by atoms with Crippen LogP contribution in [0.3, 0.4) is 0 Å². The number of anilines is 1. The minimum absolute atomic E-state index is 0.0253. The normalized spacial score (nSPS) is 11.3. The van der Waals surface area contributed by atoms with Crippen LogP contribution < -0.4 is 5.32 Å². The Labute approximate surface area is 178 Å². The quantitative estimate of drug-likeness (QED) is 0.301. The Bertz CT molecular complexity index is 1250. The van der Waals surface area contributed by atoms with Gasteiger partial charge in [0.05, 0.1) is 12.1 Å². The Kier molecular flexibility index (Phi) is 5.54. The van der Waals surface area contributed by atoms with Gasteiger partial charge in [-0.2, -0.15) is 0 Å². The number of aromatic nitrogens is 1. The smallest absolute Gasteiger partial charge is 0.221 e. The van der Waals surface area contributed by atoms with E-state index >= 15 is 0 Å². The number of hydrogen-bond donors (Lipinski definition) is 2. The van der Waals surface area contributed by atoms with Crippen LogP contribution >= 0.6 is 12.2 Å². The van der Waals surface area contributed by atoms with Gasteiger partial charge < -0.3 is 15.0 Å². The van der Waals surface area contributed by atoms with Crippen LogP contribution in [0.4, 0.5) is 15.8 Å². The summed E-state index contributed by atoms with van der Waals surface area (Å²) in [4.78, 5) is 0. The van der Waals surface area contributed by atoms with Gasteiger partial charge in [-0.25, -0.2) is 4.39 Å². The SMILES string of the molecule is Cc1cccc(NC(=S)N=Nc2c(O)n(Cc3ccc(F)cc3)c3ccccc23)c1. The molecule has 1 aromatic heterocycles. The lowest BCUT2D eigenvalue weighted by Gasteiger charge is -2.07. The third-order valence-corrected chi connectivity index (χ3v) is 4.87. The van der Waals surface area contributed by atoms with E-state index in [-0.39, 0.29) is 16.8 Å². The summed E-state index contributed by atoms with van der Waals surface area (Å²) in [5, 5.41) is 23.1. The molecule has 0 amide bonds. The highest BCUT2D eigenvalue weighted by Gasteiger charge is 2.16. The van der Waals surface area contributed by atoms with E-state index in [0.29, 0.717) is 12.2 Å². The van der Waals surface area contributed by atoms with Gasteiger partial charge in [0.25, 0.3) is 0 Å². The van der Waals surface area contributed by atoms with Crippen LogP contribution in [0.15, 0.2) is 83.0 Å². The zero-order chi connectivity index (χ0) is 21.1. The number of benzene rings is 3. The molecule has 150 valence electrons. The van der Waals surface area contributed by atoms with Crippen LogP contribution in [0.5, 0.6) is 5.88 Å².